The number of ether oxygens (including phenoxy) is 2. The van der Waals surface area contributed by atoms with E-state index in [1.165, 1.54) is 70.3 Å². The third-order valence-corrected chi connectivity index (χ3v) is 8.58. The highest BCUT2D eigenvalue weighted by Crippen LogP contribution is 2.47. The molecular formula is C28H43FO2. The van der Waals surface area contributed by atoms with Crippen LogP contribution in [0.15, 0.2) is 18.2 Å². The molecule has 4 unspecified atom stereocenters. The molecule has 0 spiro atoms. The molecule has 2 saturated carbocycles. The van der Waals surface area contributed by atoms with Gasteiger partial charge in [-0.25, -0.2) is 4.39 Å². The molecule has 0 N–H and O–H groups in total. The lowest BCUT2D eigenvalue weighted by Gasteiger charge is -2.45. The van der Waals surface area contributed by atoms with E-state index in [0.29, 0.717) is 25.1 Å². The standard InChI is InChI=1S/C28H43FO2/c1-3-7-20-10-12-21(13-11-20)24-8-5-6-9-26(24)28-17-14-22(19-31-28)25-16-15-23(30-4-2)18-27(25)29/h15-16,18,20-22,24,26,28H,3-14,17,19H2,1-2H3. The lowest BCUT2D eigenvalue weighted by atomic mass is 9.64. The van der Waals surface area contributed by atoms with Crippen molar-refractivity contribution >= 4 is 0 Å². The average Bonchev–Trinajstić information content (AvgIpc) is 2.80. The van der Waals surface area contributed by atoms with E-state index in [2.05, 4.69) is 6.92 Å². The summed E-state index contributed by atoms with van der Waals surface area (Å²) in [4.78, 5) is 0. The first-order chi connectivity index (χ1) is 15.2. The molecule has 1 aromatic carbocycles. The van der Waals surface area contributed by atoms with Crippen LogP contribution >= 0.6 is 0 Å². The van der Waals surface area contributed by atoms with Gasteiger partial charge in [-0.2, -0.15) is 0 Å². The Morgan fingerprint density at radius 1 is 0.935 bits per heavy atom. The first-order valence-corrected chi connectivity index (χ1v) is 13.2. The molecule has 2 aliphatic carbocycles. The van der Waals surface area contributed by atoms with Gasteiger partial charge in [0.25, 0.3) is 0 Å². The summed E-state index contributed by atoms with van der Waals surface area (Å²) in [6.45, 7) is 5.49. The van der Waals surface area contributed by atoms with Crippen molar-refractivity contribution in [3.63, 3.8) is 0 Å². The van der Waals surface area contributed by atoms with E-state index >= 15 is 0 Å². The second kappa shape index (κ2) is 11.2. The van der Waals surface area contributed by atoms with Crippen LogP contribution in [-0.4, -0.2) is 19.3 Å². The minimum absolute atomic E-state index is 0.141. The summed E-state index contributed by atoms with van der Waals surface area (Å²) in [5, 5.41) is 0. The zero-order chi connectivity index (χ0) is 21.6. The first kappa shape index (κ1) is 23.1. The molecule has 1 heterocycles. The molecule has 3 aliphatic rings. The topological polar surface area (TPSA) is 18.5 Å². The normalized spacial score (nSPS) is 34.4. The van der Waals surface area contributed by atoms with Crippen LogP contribution in [-0.2, 0) is 4.74 Å². The lowest BCUT2D eigenvalue weighted by Crippen LogP contribution is -2.40. The lowest BCUT2D eigenvalue weighted by molar-refractivity contribution is -0.0697. The van der Waals surface area contributed by atoms with Gasteiger partial charge in [0, 0.05) is 12.0 Å². The van der Waals surface area contributed by atoms with E-state index in [9.17, 15) is 4.39 Å². The van der Waals surface area contributed by atoms with Gasteiger partial charge in [0.1, 0.15) is 11.6 Å². The van der Waals surface area contributed by atoms with Gasteiger partial charge in [0.2, 0.25) is 0 Å². The van der Waals surface area contributed by atoms with Gasteiger partial charge in [0.15, 0.2) is 0 Å². The highest BCUT2D eigenvalue weighted by atomic mass is 19.1. The van der Waals surface area contributed by atoms with Crippen LogP contribution in [0, 0.1) is 29.5 Å². The van der Waals surface area contributed by atoms with Crippen molar-refractivity contribution in [1.29, 1.82) is 0 Å². The summed E-state index contributed by atoms with van der Waals surface area (Å²) in [5.74, 6) is 4.16. The van der Waals surface area contributed by atoms with Crippen molar-refractivity contribution in [2.24, 2.45) is 23.7 Å². The minimum Gasteiger partial charge on any atom is -0.494 e. The van der Waals surface area contributed by atoms with Crippen molar-refractivity contribution < 1.29 is 13.9 Å². The zero-order valence-electron chi connectivity index (χ0n) is 19.8. The van der Waals surface area contributed by atoms with Crippen molar-refractivity contribution in [2.45, 2.75) is 103 Å². The number of rotatable bonds is 7. The van der Waals surface area contributed by atoms with Crippen molar-refractivity contribution in [3.8, 4) is 5.75 Å². The Kier molecular flexibility index (Phi) is 8.31. The fourth-order valence-corrected chi connectivity index (χ4v) is 7.00. The molecule has 0 radical (unpaired) electrons. The summed E-state index contributed by atoms with van der Waals surface area (Å²) in [6.07, 6.45) is 16.6. The summed E-state index contributed by atoms with van der Waals surface area (Å²) in [5.41, 5.74) is 0.802. The number of hydrogen-bond acceptors (Lipinski definition) is 2. The number of benzene rings is 1. The van der Waals surface area contributed by atoms with Gasteiger partial charge >= 0.3 is 0 Å². The maximum Gasteiger partial charge on any atom is 0.130 e. The maximum absolute atomic E-state index is 14.7. The van der Waals surface area contributed by atoms with Gasteiger partial charge < -0.3 is 9.47 Å². The molecule has 1 aliphatic heterocycles. The molecule has 2 nitrogen and oxygen atoms in total. The monoisotopic (exact) mass is 430 g/mol. The van der Waals surface area contributed by atoms with Crippen LogP contribution in [0.4, 0.5) is 4.39 Å². The summed E-state index contributed by atoms with van der Waals surface area (Å²) in [7, 11) is 0. The average molecular weight is 431 g/mol. The van der Waals surface area contributed by atoms with Crippen LogP contribution in [0.2, 0.25) is 0 Å². The zero-order valence-corrected chi connectivity index (χ0v) is 19.8. The van der Waals surface area contributed by atoms with E-state index in [0.717, 1.165) is 42.1 Å². The summed E-state index contributed by atoms with van der Waals surface area (Å²) >= 11 is 0. The minimum atomic E-state index is -0.141. The van der Waals surface area contributed by atoms with Crippen LogP contribution in [0.3, 0.4) is 0 Å². The van der Waals surface area contributed by atoms with Crippen molar-refractivity contribution in [1.82, 2.24) is 0 Å². The number of hydrogen-bond donors (Lipinski definition) is 0. The second-order valence-electron chi connectivity index (χ2n) is 10.4. The third kappa shape index (κ3) is 5.64. The fraction of sp³-hybridized carbons (Fsp3) is 0.786. The molecule has 31 heavy (non-hydrogen) atoms. The van der Waals surface area contributed by atoms with Crippen molar-refractivity contribution in [2.75, 3.05) is 13.2 Å². The fourth-order valence-electron chi connectivity index (χ4n) is 7.00. The largest absolute Gasteiger partial charge is 0.494 e. The van der Waals surface area contributed by atoms with Gasteiger partial charge in [0.05, 0.1) is 19.3 Å². The number of halogens is 1. The molecule has 3 fully saturated rings. The molecule has 0 aromatic heterocycles. The SMILES string of the molecule is CCCC1CCC(C2CCCCC2C2CCC(c3ccc(OCC)cc3F)CO2)CC1. The molecule has 3 heteroatoms. The predicted molar refractivity (Wildman–Crippen MR) is 125 cm³/mol. The highest BCUT2D eigenvalue weighted by Gasteiger charge is 2.40. The summed E-state index contributed by atoms with van der Waals surface area (Å²) < 4.78 is 26.6. The first-order valence-electron chi connectivity index (χ1n) is 13.2. The van der Waals surface area contributed by atoms with Gasteiger partial charge in [-0.1, -0.05) is 51.5 Å². The van der Waals surface area contributed by atoms with Crippen LogP contribution < -0.4 is 4.74 Å². The molecule has 0 amide bonds. The molecular weight excluding hydrogens is 387 g/mol. The molecule has 4 atom stereocenters. The van der Waals surface area contributed by atoms with E-state index in [4.69, 9.17) is 9.47 Å². The van der Waals surface area contributed by atoms with Crippen molar-refractivity contribution in [3.05, 3.63) is 29.6 Å². The molecule has 1 saturated heterocycles. The Morgan fingerprint density at radius 3 is 2.35 bits per heavy atom. The molecule has 4 rings (SSSR count). The second-order valence-corrected chi connectivity index (χ2v) is 10.4. The Bertz CT molecular complexity index is 674. The van der Waals surface area contributed by atoms with E-state index < -0.39 is 0 Å². The maximum atomic E-state index is 14.7. The molecule has 1 aromatic rings. The molecule has 174 valence electrons. The summed E-state index contributed by atoms with van der Waals surface area (Å²) in [6, 6.07) is 5.35. The predicted octanol–water partition coefficient (Wildman–Crippen LogP) is 7.90. The van der Waals surface area contributed by atoms with Gasteiger partial charge in [-0.3, -0.25) is 0 Å². The highest BCUT2D eigenvalue weighted by molar-refractivity contribution is 5.31. The van der Waals surface area contributed by atoms with Gasteiger partial charge in [-0.15, -0.1) is 0 Å². The van der Waals surface area contributed by atoms with E-state index in [1.54, 1.807) is 0 Å². The Labute approximate surface area is 189 Å². The Hall–Kier alpha value is -1.09. The Morgan fingerprint density at radius 2 is 1.71 bits per heavy atom. The van der Waals surface area contributed by atoms with Crippen LogP contribution in [0.5, 0.6) is 5.75 Å². The van der Waals surface area contributed by atoms with E-state index in [-0.39, 0.29) is 11.7 Å². The van der Waals surface area contributed by atoms with Crippen LogP contribution in [0.1, 0.15) is 102 Å². The third-order valence-electron chi connectivity index (χ3n) is 8.58. The Balaban J connectivity index is 1.34. The van der Waals surface area contributed by atoms with Gasteiger partial charge in [-0.05, 0) is 80.8 Å². The quantitative estimate of drug-likeness (QED) is 0.438. The van der Waals surface area contributed by atoms with Crippen LogP contribution in [0.25, 0.3) is 0 Å². The smallest absolute Gasteiger partial charge is 0.130 e. The molecule has 0 bridgehead atoms. The van der Waals surface area contributed by atoms with E-state index in [1.807, 2.05) is 19.1 Å².